The highest BCUT2D eigenvalue weighted by molar-refractivity contribution is 6.04. The van der Waals surface area contributed by atoms with Gasteiger partial charge < -0.3 is 25.1 Å². The van der Waals surface area contributed by atoms with Gasteiger partial charge in [-0.15, -0.1) is 0 Å². The number of nitrogens with one attached hydrogen (secondary N) is 1. The van der Waals surface area contributed by atoms with Crippen molar-refractivity contribution in [2.24, 2.45) is 0 Å². The summed E-state index contributed by atoms with van der Waals surface area (Å²) in [6.07, 6.45) is 6.67. The van der Waals surface area contributed by atoms with Gasteiger partial charge in [-0.2, -0.15) is 0 Å². The highest BCUT2D eigenvalue weighted by Gasteiger charge is 2.27. The lowest BCUT2D eigenvalue weighted by Crippen LogP contribution is -2.53. The van der Waals surface area contributed by atoms with E-state index < -0.39 is 5.82 Å². The van der Waals surface area contributed by atoms with Crippen LogP contribution in [0, 0.1) is 5.82 Å². The van der Waals surface area contributed by atoms with E-state index in [1.807, 2.05) is 21.6 Å². The van der Waals surface area contributed by atoms with Crippen LogP contribution in [0.2, 0.25) is 0 Å². The van der Waals surface area contributed by atoms with Crippen LogP contribution < -0.4 is 20.0 Å². The van der Waals surface area contributed by atoms with Crippen LogP contribution in [-0.4, -0.2) is 80.8 Å². The van der Waals surface area contributed by atoms with Gasteiger partial charge in [0.05, 0.1) is 42.1 Å². The van der Waals surface area contributed by atoms with E-state index in [1.165, 1.54) is 18.6 Å². The molecule has 2 aliphatic rings. The van der Waals surface area contributed by atoms with Gasteiger partial charge in [-0.05, 0) is 19.1 Å². The molecule has 2 saturated heterocycles. The zero-order chi connectivity index (χ0) is 23.7. The number of amides is 1. The maximum atomic E-state index is 13.1. The second-order valence-electron chi connectivity index (χ2n) is 8.38. The predicted molar refractivity (Wildman–Crippen MR) is 123 cm³/mol. The number of piperazine rings is 1. The van der Waals surface area contributed by atoms with Crippen LogP contribution in [0.5, 0.6) is 0 Å². The molecule has 0 radical (unpaired) electrons. The molecule has 34 heavy (non-hydrogen) atoms. The summed E-state index contributed by atoms with van der Waals surface area (Å²) in [5.41, 5.74) is 0.900. The van der Waals surface area contributed by atoms with Crippen molar-refractivity contribution >= 4 is 29.3 Å². The minimum atomic E-state index is -0.462. The van der Waals surface area contributed by atoms with Crippen molar-refractivity contribution in [1.29, 1.82) is 0 Å². The Kier molecular flexibility index (Phi) is 5.88. The molecule has 0 saturated carbocycles. The SMILES string of the molecule is C[C@@H]1CN(c2ncc(NC(=O)c3ccc(N4CC(O)C4)nc3)cn2)CCN1c1ncc(F)cn1. The van der Waals surface area contributed by atoms with Gasteiger partial charge in [-0.3, -0.25) is 4.79 Å². The number of pyridine rings is 1. The van der Waals surface area contributed by atoms with E-state index in [0.717, 1.165) is 5.82 Å². The number of hydrogen-bond acceptors (Lipinski definition) is 10. The maximum Gasteiger partial charge on any atom is 0.257 e. The van der Waals surface area contributed by atoms with Gasteiger partial charge in [0.15, 0.2) is 5.82 Å². The predicted octanol–water partition coefficient (Wildman–Crippen LogP) is 0.949. The van der Waals surface area contributed by atoms with Crippen LogP contribution in [0.1, 0.15) is 17.3 Å². The molecular formula is C22H24FN9O2. The van der Waals surface area contributed by atoms with Gasteiger partial charge in [0.25, 0.3) is 5.91 Å². The van der Waals surface area contributed by atoms with E-state index in [-0.39, 0.29) is 18.1 Å². The van der Waals surface area contributed by atoms with E-state index in [0.29, 0.717) is 55.9 Å². The minimum absolute atomic E-state index is 0.0807. The summed E-state index contributed by atoms with van der Waals surface area (Å²) in [5.74, 6) is 1.02. The summed E-state index contributed by atoms with van der Waals surface area (Å²) in [6.45, 7) is 5.10. The average Bonchev–Trinajstić information content (AvgIpc) is 2.83. The molecule has 3 aromatic rings. The van der Waals surface area contributed by atoms with Crippen molar-refractivity contribution < 1.29 is 14.3 Å². The van der Waals surface area contributed by atoms with E-state index >= 15 is 0 Å². The molecule has 0 unspecified atom stereocenters. The lowest BCUT2D eigenvalue weighted by Gasteiger charge is -2.39. The Morgan fingerprint density at radius 1 is 0.941 bits per heavy atom. The fourth-order valence-electron chi connectivity index (χ4n) is 3.99. The number of aliphatic hydroxyl groups is 1. The number of anilines is 4. The van der Waals surface area contributed by atoms with Crippen molar-refractivity contribution in [2.45, 2.75) is 19.1 Å². The normalized spacial score (nSPS) is 18.6. The van der Waals surface area contributed by atoms with Gasteiger partial charge in [-0.25, -0.2) is 29.3 Å². The maximum absolute atomic E-state index is 13.1. The highest BCUT2D eigenvalue weighted by atomic mass is 19.1. The van der Waals surface area contributed by atoms with Gasteiger partial charge >= 0.3 is 0 Å². The number of hydrogen-bond donors (Lipinski definition) is 2. The van der Waals surface area contributed by atoms with Gasteiger partial charge in [0, 0.05) is 45.0 Å². The first kappa shape index (κ1) is 21.9. The Balaban J connectivity index is 1.17. The van der Waals surface area contributed by atoms with Crippen LogP contribution in [0.3, 0.4) is 0 Å². The number of β-amino-alcohol motifs (C(OH)–C–C–N with tert-alkyl or cyclic N) is 1. The topological polar surface area (TPSA) is 124 Å². The fourth-order valence-corrected chi connectivity index (χ4v) is 3.99. The van der Waals surface area contributed by atoms with E-state index in [2.05, 4.69) is 30.2 Å². The van der Waals surface area contributed by atoms with Crippen LogP contribution in [0.15, 0.2) is 43.1 Å². The number of carbonyl (C=O) groups excluding carboxylic acids is 1. The molecule has 12 heteroatoms. The molecule has 5 rings (SSSR count). The van der Waals surface area contributed by atoms with Crippen molar-refractivity contribution in [3.05, 3.63) is 54.5 Å². The van der Waals surface area contributed by atoms with E-state index in [1.54, 1.807) is 24.5 Å². The first-order chi connectivity index (χ1) is 16.5. The first-order valence-electron chi connectivity index (χ1n) is 11.0. The fraction of sp³-hybridized carbons (Fsp3) is 0.364. The standard InChI is InChI=1S/C22H24FN9O2/c1-14-11-30(4-5-32(14)22-25-7-16(23)8-26-22)21-27-9-17(10-28-21)29-20(34)15-2-3-19(24-6-15)31-12-18(33)13-31/h2-3,6-10,14,18,33H,4-5,11-13H2,1H3,(H,29,34)/t14-/m1/s1. The van der Waals surface area contributed by atoms with Gasteiger partial charge in [-0.1, -0.05) is 0 Å². The Bertz CT molecular complexity index is 1140. The Morgan fingerprint density at radius 3 is 2.26 bits per heavy atom. The second-order valence-corrected chi connectivity index (χ2v) is 8.38. The lowest BCUT2D eigenvalue weighted by molar-refractivity contribution is 0.102. The molecule has 0 spiro atoms. The molecule has 2 fully saturated rings. The molecule has 11 nitrogen and oxygen atoms in total. The van der Waals surface area contributed by atoms with Crippen molar-refractivity contribution in [2.75, 3.05) is 52.7 Å². The Hall–Kier alpha value is -3.93. The average molecular weight is 465 g/mol. The zero-order valence-electron chi connectivity index (χ0n) is 18.5. The summed E-state index contributed by atoms with van der Waals surface area (Å²) >= 11 is 0. The summed E-state index contributed by atoms with van der Waals surface area (Å²) in [7, 11) is 0. The molecule has 5 heterocycles. The molecule has 2 N–H and O–H groups in total. The second kappa shape index (κ2) is 9.14. The van der Waals surface area contributed by atoms with E-state index in [9.17, 15) is 14.3 Å². The molecular weight excluding hydrogens is 441 g/mol. The number of rotatable bonds is 5. The van der Waals surface area contributed by atoms with Crippen LogP contribution in [0.25, 0.3) is 0 Å². The molecule has 176 valence electrons. The molecule has 0 aromatic carbocycles. The third-order valence-electron chi connectivity index (χ3n) is 5.87. The van der Waals surface area contributed by atoms with Crippen molar-refractivity contribution in [1.82, 2.24) is 24.9 Å². The van der Waals surface area contributed by atoms with Crippen molar-refractivity contribution in [3.63, 3.8) is 0 Å². The van der Waals surface area contributed by atoms with Gasteiger partial charge in [0.2, 0.25) is 11.9 Å². The summed E-state index contributed by atoms with van der Waals surface area (Å²) in [4.78, 5) is 39.8. The van der Waals surface area contributed by atoms with E-state index in [4.69, 9.17) is 0 Å². The molecule has 0 bridgehead atoms. The lowest BCUT2D eigenvalue weighted by atomic mass is 10.1. The largest absolute Gasteiger partial charge is 0.389 e. The van der Waals surface area contributed by atoms with Gasteiger partial charge in [0.1, 0.15) is 5.82 Å². The number of aromatic nitrogens is 5. The Labute approximate surface area is 195 Å². The minimum Gasteiger partial charge on any atom is -0.389 e. The number of aliphatic hydroxyl groups excluding tert-OH is 1. The molecule has 3 aromatic heterocycles. The number of halogens is 1. The summed E-state index contributed by atoms with van der Waals surface area (Å²) in [6, 6.07) is 3.54. The first-order valence-corrected chi connectivity index (χ1v) is 11.0. The summed E-state index contributed by atoms with van der Waals surface area (Å²) < 4.78 is 13.1. The quantitative estimate of drug-likeness (QED) is 0.563. The molecule has 2 aliphatic heterocycles. The smallest absolute Gasteiger partial charge is 0.257 e. The molecule has 0 aliphatic carbocycles. The van der Waals surface area contributed by atoms with Crippen molar-refractivity contribution in [3.8, 4) is 0 Å². The molecule has 1 amide bonds. The number of carbonyl (C=O) groups is 1. The number of nitrogens with zero attached hydrogens (tertiary/aromatic N) is 8. The summed E-state index contributed by atoms with van der Waals surface area (Å²) in [5, 5.41) is 12.2. The van der Waals surface area contributed by atoms with Crippen LogP contribution in [-0.2, 0) is 0 Å². The van der Waals surface area contributed by atoms with Crippen LogP contribution in [0.4, 0.5) is 27.8 Å². The van der Waals surface area contributed by atoms with Crippen LogP contribution >= 0.6 is 0 Å². The molecule has 1 atom stereocenters. The third-order valence-corrected chi connectivity index (χ3v) is 5.87. The Morgan fingerprint density at radius 2 is 1.65 bits per heavy atom. The highest BCUT2D eigenvalue weighted by Crippen LogP contribution is 2.21. The third kappa shape index (κ3) is 4.57. The monoisotopic (exact) mass is 465 g/mol. The zero-order valence-corrected chi connectivity index (χ0v) is 18.5.